The van der Waals surface area contributed by atoms with Gasteiger partial charge in [0, 0.05) is 25.7 Å². The van der Waals surface area contributed by atoms with Crippen molar-refractivity contribution in [2.24, 2.45) is 0 Å². The molecule has 1 heterocycles. The number of rotatable bonds is 8. The summed E-state index contributed by atoms with van der Waals surface area (Å²) in [6.45, 7) is 2.99. The summed E-state index contributed by atoms with van der Waals surface area (Å²) in [6, 6.07) is 5.87. The number of esters is 1. The number of amides is 1. The van der Waals surface area contributed by atoms with Gasteiger partial charge in [0.1, 0.15) is 0 Å². The largest absolute Gasteiger partial charge is 0.477 e. The van der Waals surface area contributed by atoms with E-state index < -0.39 is 4.92 Å². The molecule has 0 saturated carbocycles. The number of carbonyl (C=O) groups is 2. The molecule has 1 saturated heterocycles. The van der Waals surface area contributed by atoms with E-state index in [4.69, 9.17) is 21.7 Å². The summed E-state index contributed by atoms with van der Waals surface area (Å²) in [4.78, 5) is 34.3. The number of hydrazine groups is 1. The van der Waals surface area contributed by atoms with E-state index in [2.05, 4.69) is 5.32 Å². The number of thiocarbonyl (C=S) groups is 1. The van der Waals surface area contributed by atoms with Crippen molar-refractivity contribution in [2.75, 3.05) is 32.8 Å². The van der Waals surface area contributed by atoms with Gasteiger partial charge in [0.05, 0.1) is 18.0 Å². The average Bonchev–Trinajstić information content (AvgIpc) is 3.16. The Hall–Kier alpha value is -2.95. The lowest BCUT2D eigenvalue weighted by Crippen LogP contribution is -2.50. The molecule has 28 heavy (non-hydrogen) atoms. The predicted molar refractivity (Wildman–Crippen MR) is 103 cm³/mol. The van der Waals surface area contributed by atoms with Crippen molar-refractivity contribution in [3.05, 3.63) is 34.4 Å². The molecule has 0 unspecified atom stereocenters. The Morgan fingerprint density at radius 1 is 1.29 bits per heavy atom. The van der Waals surface area contributed by atoms with Crippen LogP contribution in [0.3, 0.4) is 0 Å². The number of hydrogen-bond donors (Lipinski definition) is 1. The SMILES string of the molecule is CCOC(=O)CCNC(=S)N1CCCN1C(=O)COc1ccccc1[N+](=O)[O-]. The first-order valence-electron chi connectivity index (χ1n) is 8.81. The van der Waals surface area contributed by atoms with Crippen molar-refractivity contribution in [2.45, 2.75) is 19.8 Å². The normalized spacial score (nSPS) is 13.2. The molecule has 2 rings (SSSR count). The predicted octanol–water partition coefficient (Wildman–Crippen LogP) is 1.25. The molecule has 0 spiro atoms. The van der Waals surface area contributed by atoms with Gasteiger partial charge in [-0.15, -0.1) is 0 Å². The van der Waals surface area contributed by atoms with Gasteiger partial charge in [-0.3, -0.25) is 24.7 Å². The van der Waals surface area contributed by atoms with Gasteiger partial charge in [-0.1, -0.05) is 12.1 Å². The third-order valence-corrected chi connectivity index (χ3v) is 4.23. The van der Waals surface area contributed by atoms with E-state index in [1.165, 1.54) is 23.2 Å². The molecule has 1 aromatic rings. The molecular weight excluding hydrogens is 388 g/mol. The third-order valence-electron chi connectivity index (χ3n) is 3.88. The van der Waals surface area contributed by atoms with Gasteiger partial charge < -0.3 is 14.8 Å². The van der Waals surface area contributed by atoms with Gasteiger partial charge in [0.25, 0.3) is 5.91 Å². The number of nitrogens with zero attached hydrogens (tertiary/aromatic N) is 3. The molecular formula is C17H22N4O6S. The van der Waals surface area contributed by atoms with Gasteiger partial charge in [-0.2, -0.15) is 0 Å². The van der Waals surface area contributed by atoms with Crippen molar-refractivity contribution in [1.82, 2.24) is 15.3 Å². The molecule has 0 radical (unpaired) electrons. The molecule has 1 aliphatic heterocycles. The highest BCUT2D eigenvalue weighted by molar-refractivity contribution is 7.80. The first kappa shape index (κ1) is 21.4. The topological polar surface area (TPSA) is 114 Å². The summed E-state index contributed by atoms with van der Waals surface area (Å²) in [6.07, 6.45) is 0.882. The van der Waals surface area contributed by atoms with Crippen LogP contribution < -0.4 is 10.1 Å². The Morgan fingerprint density at radius 2 is 2.00 bits per heavy atom. The number of para-hydroxylation sites is 2. The van der Waals surface area contributed by atoms with Gasteiger partial charge in [-0.25, -0.2) is 5.01 Å². The zero-order valence-corrected chi connectivity index (χ0v) is 16.3. The Morgan fingerprint density at radius 3 is 2.71 bits per heavy atom. The van der Waals surface area contributed by atoms with Crippen LogP contribution in [0, 0.1) is 10.1 Å². The fourth-order valence-electron chi connectivity index (χ4n) is 2.62. The molecule has 0 aliphatic carbocycles. The average molecular weight is 410 g/mol. The molecule has 11 heteroatoms. The van der Waals surface area contributed by atoms with Crippen LogP contribution >= 0.6 is 12.2 Å². The number of nitrogens with one attached hydrogen (secondary N) is 1. The first-order valence-corrected chi connectivity index (χ1v) is 9.22. The molecule has 1 aromatic carbocycles. The summed E-state index contributed by atoms with van der Waals surface area (Å²) in [7, 11) is 0. The Balaban J connectivity index is 1.88. The van der Waals surface area contributed by atoms with E-state index in [-0.39, 0.29) is 36.3 Å². The lowest BCUT2D eigenvalue weighted by molar-refractivity contribution is -0.385. The standard InChI is InChI=1S/C17H22N4O6S/c1-2-26-16(23)8-9-18-17(28)20-11-5-10-19(20)15(22)12-27-14-7-4-3-6-13(14)21(24)25/h3-4,6-7H,2,5,8-12H2,1H3,(H,18,28). The van der Waals surface area contributed by atoms with Crippen molar-refractivity contribution >= 4 is 34.9 Å². The quantitative estimate of drug-likeness (QED) is 0.293. The second-order valence-electron chi connectivity index (χ2n) is 5.79. The second kappa shape index (κ2) is 10.4. The molecule has 1 fully saturated rings. The lowest BCUT2D eigenvalue weighted by atomic mass is 10.3. The van der Waals surface area contributed by atoms with E-state index in [0.29, 0.717) is 31.4 Å². The summed E-state index contributed by atoms with van der Waals surface area (Å²) < 4.78 is 10.2. The van der Waals surface area contributed by atoms with Crippen LogP contribution in [-0.4, -0.2) is 64.8 Å². The maximum Gasteiger partial charge on any atom is 0.310 e. The highest BCUT2D eigenvalue weighted by Gasteiger charge is 2.29. The van der Waals surface area contributed by atoms with Crippen LogP contribution in [0.2, 0.25) is 0 Å². The molecule has 0 bridgehead atoms. The zero-order valence-electron chi connectivity index (χ0n) is 15.5. The van der Waals surface area contributed by atoms with Crippen molar-refractivity contribution in [1.29, 1.82) is 0 Å². The van der Waals surface area contributed by atoms with Crippen molar-refractivity contribution in [3.63, 3.8) is 0 Å². The number of nitro benzene ring substituents is 1. The van der Waals surface area contributed by atoms with E-state index in [9.17, 15) is 19.7 Å². The van der Waals surface area contributed by atoms with Gasteiger partial charge in [-0.05, 0) is 31.6 Å². The van der Waals surface area contributed by atoms with Gasteiger partial charge in [0.2, 0.25) is 0 Å². The van der Waals surface area contributed by atoms with E-state index in [1.807, 2.05) is 0 Å². The molecule has 152 valence electrons. The van der Waals surface area contributed by atoms with E-state index in [1.54, 1.807) is 18.0 Å². The highest BCUT2D eigenvalue weighted by atomic mass is 32.1. The molecule has 1 aliphatic rings. The molecule has 0 atom stereocenters. The summed E-state index contributed by atoms with van der Waals surface area (Å²) in [5.74, 6) is -0.670. The lowest BCUT2D eigenvalue weighted by Gasteiger charge is -2.30. The van der Waals surface area contributed by atoms with Crippen LogP contribution in [-0.2, 0) is 14.3 Å². The third kappa shape index (κ3) is 5.78. The summed E-state index contributed by atoms with van der Waals surface area (Å²) in [5, 5.41) is 17.3. The second-order valence-corrected chi connectivity index (χ2v) is 6.18. The minimum atomic E-state index is -0.565. The molecule has 1 amide bonds. The Bertz CT molecular complexity index is 744. The number of carbonyl (C=O) groups excluding carboxylic acids is 2. The monoisotopic (exact) mass is 410 g/mol. The fraction of sp³-hybridized carbons (Fsp3) is 0.471. The number of ether oxygens (including phenoxy) is 2. The van der Waals surface area contributed by atoms with Crippen LogP contribution in [0.15, 0.2) is 24.3 Å². The molecule has 0 aromatic heterocycles. The van der Waals surface area contributed by atoms with Crippen LogP contribution in [0.25, 0.3) is 0 Å². The van der Waals surface area contributed by atoms with E-state index >= 15 is 0 Å². The minimum Gasteiger partial charge on any atom is -0.477 e. The number of hydrogen-bond acceptors (Lipinski definition) is 7. The smallest absolute Gasteiger partial charge is 0.310 e. The van der Waals surface area contributed by atoms with Crippen molar-refractivity contribution < 1.29 is 24.0 Å². The highest BCUT2D eigenvalue weighted by Crippen LogP contribution is 2.26. The van der Waals surface area contributed by atoms with Gasteiger partial charge in [0.15, 0.2) is 17.5 Å². The summed E-state index contributed by atoms with van der Waals surface area (Å²) >= 11 is 5.30. The minimum absolute atomic E-state index is 0.0294. The first-order chi connectivity index (χ1) is 13.4. The molecule has 1 N–H and O–H groups in total. The fourth-order valence-corrected chi connectivity index (χ4v) is 2.91. The van der Waals surface area contributed by atoms with Crippen molar-refractivity contribution in [3.8, 4) is 5.75 Å². The maximum atomic E-state index is 12.5. The Labute approximate surface area is 167 Å². The molecule has 10 nitrogen and oxygen atoms in total. The zero-order chi connectivity index (χ0) is 20.5. The summed E-state index contributed by atoms with van der Waals surface area (Å²) in [5.41, 5.74) is -0.204. The van der Waals surface area contributed by atoms with Crippen LogP contribution in [0.4, 0.5) is 5.69 Å². The number of benzene rings is 1. The van der Waals surface area contributed by atoms with Crippen LogP contribution in [0.5, 0.6) is 5.75 Å². The van der Waals surface area contributed by atoms with E-state index in [0.717, 1.165) is 6.42 Å². The Kier molecular flexibility index (Phi) is 7.93. The van der Waals surface area contributed by atoms with Crippen LogP contribution in [0.1, 0.15) is 19.8 Å². The maximum absolute atomic E-state index is 12.5. The number of nitro groups is 1. The van der Waals surface area contributed by atoms with Gasteiger partial charge >= 0.3 is 11.7 Å².